The number of nitrogens with zero attached hydrogens (tertiary/aromatic N) is 1. The van der Waals surface area contributed by atoms with Crippen molar-refractivity contribution in [1.29, 1.82) is 0 Å². The van der Waals surface area contributed by atoms with Gasteiger partial charge < -0.3 is 5.32 Å². The quantitative estimate of drug-likeness (QED) is 0.824. The first-order chi connectivity index (χ1) is 9.16. The van der Waals surface area contributed by atoms with E-state index in [-0.39, 0.29) is 6.67 Å². The van der Waals surface area contributed by atoms with Crippen molar-refractivity contribution >= 4 is 0 Å². The van der Waals surface area contributed by atoms with Crippen LogP contribution in [0.1, 0.15) is 58.8 Å². The molecule has 1 unspecified atom stereocenters. The van der Waals surface area contributed by atoms with E-state index in [4.69, 9.17) is 0 Å². The Balaban J connectivity index is 1.98. The molecule has 2 aliphatic rings. The highest BCUT2D eigenvalue weighted by molar-refractivity contribution is 5.00. The summed E-state index contributed by atoms with van der Waals surface area (Å²) in [7, 11) is 0. The van der Waals surface area contributed by atoms with Crippen molar-refractivity contribution in [3.63, 3.8) is 0 Å². The summed E-state index contributed by atoms with van der Waals surface area (Å²) in [5.74, 6) is 0.737. The largest absolute Gasteiger partial charge is 0.311 e. The van der Waals surface area contributed by atoms with Gasteiger partial charge in [0.15, 0.2) is 0 Å². The molecule has 1 spiro atoms. The van der Waals surface area contributed by atoms with Crippen LogP contribution in [-0.4, -0.2) is 42.8 Å². The average molecular weight is 270 g/mol. The fraction of sp³-hybridized carbons (Fsp3) is 1.00. The van der Waals surface area contributed by atoms with Gasteiger partial charge in [0.25, 0.3) is 0 Å². The van der Waals surface area contributed by atoms with Crippen LogP contribution in [0.15, 0.2) is 0 Å². The molecule has 0 bridgehead atoms. The second kappa shape index (κ2) is 7.03. The van der Waals surface area contributed by atoms with Crippen molar-refractivity contribution in [3.8, 4) is 0 Å². The minimum absolute atomic E-state index is 0.172. The molecule has 2 fully saturated rings. The van der Waals surface area contributed by atoms with Gasteiger partial charge in [0.05, 0.1) is 6.67 Å². The molecule has 0 radical (unpaired) electrons. The smallest absolute Gasteiger partial charge is 0.0906 e. The van der Waals surface area contributed by atoms with Gasteiger partial charge in [0.1, 0.15) is 0 Å². The maximum absolute atomic E-state index is 12.6. The van der Waals surface area contributed by atoms with Gasteiger partial charge in [-0.2, -0.15) is 0 Å². The van der Waals surface area contributed by atoms with Gasteiger partial charge >= 0.3 is 0 Å². The van der Waals surface area contributed by atoms with Gasteiger partial charge in [-0.3, -0.25) is 9.29 Å². The Labute approximate surface area is 118 Å². The van der Waals surface area contributed by atoms with E-state index in [0.29, 0.717) is 18.0 Å². The molecule has 0 aromatic rings. The Morgan fingerprint density at radius 3 is 2.63 bits per heavy atom. The molecule has 0 aromatic heterocycles. The number of nitrogens with one attached hydrogen (secondary N) is 1. The molecule has 0 aromatic carbocycles. The minimum Gasteiger partial charge on any atom is -0.311 e. The Bertz CT molecular complexity index is 261. The molecule has 19 heavy (non-hydrogen) atoms. The molecule has 1 saturated heterocycles. The van der Waals surface area contributed by atoms with Crippen molar-refractivity contribution in [2.45, 2.75) is 70.4 Å². The van der Waals surface area contributed by atoms with Crippen LogP contribution in [0.5, 0.6) is 0 Å². The van der Waals surface area contributed by atoms with Crippen LogP contribution >= 0.6 is 0 Å². The monoisotopic (exact) mass is 270 g/mol. The Hall–Kier alpha value is -0.150. The fourth-order valence-corrected chi connectivity index (χ4v) is 3.98. The lowest BCUT2D eigenvalue weighted by Crippen LogP contribution is -2.65. The number of hydrogen-bond acceptors (Lipinski definition) is 2. The first-order valence-electron chi connectivity index (χ1n) is 8.21. The van der Waals surface area contributed by atoms with Crippen LogP contribution in [0, 0.1) is 5.92 Å². The predicted octanol–water partition coefficient (Wildman–Crippen LogP) is 3.37. The number of piperazine rings is 1. The third-order valence-corrected chi connectivity index (χ3v) is 4.93. The van der Waals surface area contributed by atoms with Gasteiger partial charge in [-0.15, -0.1) is 0 Å². The topological polar surface area (TPSA) is 15.3 Å². The highest BCUT2D eigenvalue weighted by atomic mass is 19.1. The first-order valence-corrected chi connectivity index (χ1v) is 8.21. The standard InChI is InChI=1S/C16H31FN2/c1-14(2)11-15-12-19(10-6-9-17)16(13-18-15)7-4-3-5-8-16/h14-15,18H,3-13H2,1-2H3. The zero-order chi connectivity index (χ0) is 13.7. The summed E-state index contributed by atoms with van der Waals surface area (Å²) in [6.07, 6.45) is 8.64. The normalized spacial score (nSPS) is 28.1. The molecule has 1 atom stereocenters. The van der Waals surface area contributed by atoms with Crippen molar-refractivity contribution < 1.29 is 4.39 Å². The van der Waals surface area contributed by atoms with E-state index in [9.17, 15) is 4.39 Å². The molecule has 112 valence electrons. The Morgan fingerprint density at radius 1 is 1.26 bits per heavy atom. The predicted molar refractivity (Wildman–Crippen MR) is 79.2 cm³/mol. The lowest BCUT2D eigenvalue weighted by molar-refractivity contribution is 0.00484. The van der Waals surface area contributed by atoms with Crippen molar-refractivity contribution in [1.82, 2.24) is 10.2 Å². The maximum atomic E-state index is 12.6. The minimum atomic E-state index is -0.172. The Morgan fingerprint density at radius 2 is 2.00 bits per heavy atom. The second-order valence-electron chi connectivity index (χ2n) is 6.98. The molecule has 1 aliphatic heterocycles. The highest BCUT2D eigenvalue weighted by Gasteiger charge is 2.41. The lowest BCUT2D eigenvalue weighted by atomic mass is 9.78. The summed E-state index contributed by atoms with van der Waals surface area (Å²) < 4.78 is 12.6. The molecule has 2 rings (SSSR count). The van der Waals surface area contributed by atoms with E-state index >= 15 is 0 Å². The van der Waals surface area contributed by atoms with E-state index in [2.05, 4.69) is 24.1 Å². The fourth-order valence-electron chi connectivity index (χ4n) is 3.98. The van der Waals surface area contributed by atoms with Crippen LogP contribution in [-0.2, 0) is 0 Å². The number of hydrogen-bond donors (Lipinski definition) is 1. The van der Waals surface area contributed by atoms with Crippen molar-refractivity contribution in [2.75, 3.05) is 26.3 Å². The van der Waals surface area contributed by atoms with E-state index < -0.39 is 0 Å². The summed E-state index contributed by atoms with van der Waals surface area (Å²) >= 11 is 0. The number of halogens is 1. The summed E-state index contributed by atoms with van der Waals surface area (Å²) in [4.78, 5) is 2.63. The summed E-state index contributed by atoms with van der Waals surface area (Å²) in [6.45, 7) is 7.60. The van der Waals surface area contributed by atoms with E-state index in [1.807, 2.05) is 0 Å². The molecule has 2 nitrogen and oxygen atoms in total. The molecule has 1 N–H and O–H groups in total. The zero-order valence-electron chi connectivity index (χ0n) is 12.8. The lowest BCUT2D eigenvalue weighted by Gasteiger charge is -2.52. The summed E-state index contributed by atoms with van der Waals surface area (Å²) in [6, 6.07) is 0.604. The van der Waals surface area contributed by atoms with Crippen molar-refractivity contribution in [3.05, 3.63) is 0 Å². The molecule has 1 heterocycles. The molecule has 1 aliphatic carbocycles. The second-order valence-corrected chi connectivity index (χ2v) is 6.98. The molecule has 3 heteroatoms. The molecule has 0 amide bonds. The SMILES string of the molecule is CC(C)CC1CN(CCCF)C2(CCCCC2)CN1. The van der Waals surface area contributed by atoms with Crippen LogP contribution in [0.4, 0.5) is 4.39 Å². The molecular weight excluding hydrogens is 239 g/mol. The van der Waals surface area contributed by atoms with Gasteiger partial charge in [-0.1, -0.05) is 33.1 Å². The summed E-state index contributed by atoms with van der Waals surface area (Å²) in [5.41, 5.74) is 0.348. The average Bonchev–Trinajstić information content (AvgIpc) is 2.40. The molecule has 1 saturated carbocycles. The third-order valence-electron chi connectivity index (χ3n) is 4.93. The van der Waals surface area contributed by atoms with E-state index in [1.165, 1.54) is 38.5 Å². The van der Waals surface area contributed by atoms with Crippen LogP contribution in [0.25, 0.3) is 0 Å². The molecular formula is C16H31FN2. The van der Waals surface area contributed by atoms with Gasteiger partial charge in [-0.25, -0.2) is 0 Å². The number of alkyl halides is 1. The maximum Gasteiger partial charge on any atom is 0.0906 e. The third kappa shape index (κ3) is 3.91. The first kappa shape index (κ1) is 15.2. The summed E-state index contributed by atoms with van der Waals surface area (Å²) in [5, 5.41) is 3.78. The van der Waals surface area contributed by atoms with Crippen molar-refractivity contribution in [2.24, 2.45) is 5.92 Å². The van der Waals surface area contributed by atoms with E-state index in [1.54, 1.807) is 0 Å². The van der Waals surface area contributed by atoms with Gasteiger partial charge in [-0.05, 0) is 31.6 Å². The van der Waals surface area contributed by atoms with Crippen LogP contribution < -0.4 is 5.32 Å². The van der Waals surface area contributed by atoms with Crippen LogP contribution in [0.2, 0.25) is 0 Å². The number of rotatable bonds is 5. The zero-order valence-corrected chi connectivity index (χ0v) is 12.8. The highest BCUT2D eigenvalue weighted by Crippen LogP contribution is 2.36. The van der Waals surface area contributed by atoms with E-state index in [0.717, 1.165) is 25.6 Å². The Kier molecular flexibility index (Phi) is 5.64. The van der Waals surface area contributed by atoms with Gasteiger partial charge in [0, 0.05) is 31.2 Å². The van der Waals surface area contributed by atoms with Crippen LogP contribution in [0.3, 0.4) is 0 Å². The van der Waals surface area contributed by atoms with Gasteiger partial charge in [0.2, 0.25) is 0 Å².